The van der Waals surface area contributed by atoms with Crippen LogP contribution in [-0.2, 0) is 14.0 Å². The van der Waals surface area contributed by atoms with Crippen LogP contribution in [-0.4, -0.2) is 43.2 Å². The highest BCUT2D eigenvalue weighted by Gasteiger charge is 2.51. The first-order valence-corrected chi connectivity index (χ1v) is 9.08. The molecule has 1 heterocycles. The van der Waals surface area contributed by atoms with E-state index in [1.807, 2.05) is 52.0 Å². The predicted octanol–water partition coefficient (Wildman–Crippen LogP) is 3.75. The molecule has 0 bridgehead atoms. The normalized spacial score (nSPS) is 18.7. The molecule has 2 rings (SSSR count). The van der Waals surface area contributed by atoms with Crippen molar-refractivity contribution in [2.75, 3.05) is 13.2 Å². The second-order valence-corrected chi connectivity index (χ2v) is 8.45. The lowest BCUT2D eigenvalue weighted by Crippen LogP contribution is -2.41. The number of rotatable bonds is 5. The van der Waals surface area contributed by atoms with Crippen molar-refractivity contribution in [1.82, 2.24) is 0 Å². The summed E-state index contributed by atoms with van der Waals surface area (Å²) in [4.78, 5) is 11.4. The molecule has 1 aromatic rings. The van der Waals surface area contributed by atoms with E-state index in [2.05, 4.69) is 10.2 Å². The van der Waals surface area contributed by atoms with Crippen LogP contribution in [0, 0.1) is 0 Å². The molecule has 1 aromatic carbocycles. The van der Waals surface area contributed by atoms with Crippen molar-refractivity contribution < 1.29 is 23.6 Å². The zero-order valence-corrected chi connectivity index (χ0v) is 17.2. The van der Waals surface area contributed by atoms with Gasteiger partial charge >= 0.3 is 13.2 Å². The Balaban J connectivity index is 1.79. The Morgan fingerprint density at radius 3 is 2.15 bits per heavy atom. The van der Waals surface area contributed by atoms with E-state index in [9.17, 15) is 4.79 Å². The van der Waals surface area contributed by atoms with E-state index in [4.69, 9.17) is 18.8 Å². The summed E-state index contributed by atoms with van der Waals surface area (Å²) < 4.78 is 22.7. The van der Waals surface area contributed by atoms with E-state index in [0.29, 0.717) is 12.4 Å². The van der Waals surface area contributed by atoms with Crippen molar-refractivity contribution >= 4 is 18.7 Å². The fourth-order valence-corrected chi connectivity index (χ4v) is 2.29. The monoisotopic (exact) mass is 376 g/mol. The molecule has 1 aliphatic rings. The lowest BCUT2D eigenvalue weighted by atomic mass is 9.79. The number of amides is 1. The zero-order chi connectivity index (χ0) is 20.3. The fourth-order valence-electron chi connectivity index (χ4n) is 2.29. The maximum absolute atomic E-state index is 11.4. The van der Waals surface area contributed by atoms with Crippen molar-refractivity contribution in [2.24, 2.45) is 10.2 Å². The van der Waals surface area contributed by atoms with Crippen LogP contribution in [0.4, 0.5) is 4.79 Å². The van der Waals surface area contributed by atoms with E-state index in [-0.39, 0.29) is 17.7 Å². The van der Waals surface area contributed by atoms with Crippen molar-refractivity contribution in [3.63, 3.8) is 0 Å². The van der Waals surface area contributed by atoms with Crippen LogP contribution in [0.2, 0.25) is 0 Å². The van der Waals surface area contributed by atoms with E-state index in [1.165, 1.54) is 0 Å². The van der Waals surface area contributed by atoms with Gasteiger partial charge in [0.25, 0.3) is 0 Å². The summed E-state index contributed by atoms with van der Waals surface area (Å²) in [6, 6.07) is 7.54. The highest BCUT2D eigenvalue weighted by atomic mass is 16.7. The van der Waals surface area contributed by atoms with Crippen molar-refractivity contribution in [3.8, 4) is 5.75 Å². The minimum Gasteiger partial charge on any atom is -0.492 e. The lowest BCUT2D eigenvalue weighted by Gasteiger charge is -2.32. The average Bonchev–Trinajstić information content (AvgIpc) is 2.74. The third-order valence-electron chi connectivity index (χ3n) is 4.41. The van der Waals surface area contributed by atoms with Gasteiger partial charge in [0.2, 0.25) is 0 Å². The number of benzene rings is 1. The van der Waals surface area contributed by atoms with Crippen molar-refractivity contribution in [1.29, 1.82) is 0 Å². The minimum absolute atomic E-state index is 0.262. The standard InChI is InChI=1S/C19H29BN2O5/c1-17(2,3)25-16(23)22-21-12-13-24-15-10-8-14(9-11-15)20-26-18(4,5)19(6,7)27-20/h8-11H,12-13H2,1-7H3. The molecule has 0 radical (unpaired) electrons. The quantitative estimate of drug-likeness (QED) is 0.444. The molecule has 148 valence electrons. The summed E-state index contributed by atoms with van der Waals surface area (Å²) >= 11 is 0. The maximum atomic E-state index is 11.4. The van der Waals surface area contributed by atoms with Gasteiger partial charge in [0.05, 0.1) is 17.7 Å². The van der Waals surface area contributed by atoms with Gasteiger partial charge in [-0.15, -0.1) is 0 Å². The molecule has 0 N–H and O–H groups in total. The molecule has 1 amide bonds. The number of hydrogen-bond acceptors (Lipinski definition) is 6. The Morgan fingerprint density at radius 2 is 1.63 bits per heavy atom. The molecule has 1 aliphatic heterocycles. The smallest absolute Gasteiger partial charge is 0.492 e. The van der Waals surface area contributed by atoms with E-state index in [0.717, 1.165) is 5.46 Å². The summed E-state index contributed by atoms with van der Waals surface area (Å²) in [6.45, 7) is 14.0. The topological polar surface area (TPSA) is 78.7 Å². The third-order valence-corrected chi connectivity index (χ3v) is 4.41. The molecule has 1 fully saturated rings. The van der Waals surface area contributed by atoms with Crippen LogP contribution in [0.25, 0.3) is 0 Å². The van der Waals surface area contributed by atoms with Crippen LogP contribution >= 0.6 is 0 Å². The van der Waals surface area contributed by atoms with Crippen molar-refractivity contribution in [3.05, 3.63) is 24.3 Å². The van der Waals surface area contributed by atoms with Gasteiger partial charge in [0.1, 0.15) is 18.0 Å². The largest absolute Gasteiger partial charge is 0.494 e. The van der Waals surface area contributed by atoms with Gasteiger partial charge in [-0.05, 0) is 66.1 Å². The van der Waals surface area contributed by atoms with E-state index >= 15 is 0 Å². The predicted molar refractivity (Wildman–Crippen MR) is 104 cm³/mol. The number of carbonyl (C=O) groups excluding carboxylic acids is 1. The van der Waals surface area contributed by atoms with Crippen LogP contribution in [0.3, 0.4) is 0 Å². The summed E-state index contributed by atoms with van der Waals surface area (Å²) in [7, 11) is -0.397. The van der Waals surface area contributed by atoms with Crippen LogP contribution < -0.4 is 10.2 Å². The van der Waals surface area contributed by atoms with Gasteiger partial charge in [-0.25, -0.2) is 4.79 Å². The number of nitrogens with zero attached hydrogens (tertiary/aromatic N) is 2. The van der Waals surface area contributed by atoms with Crippen molar-refractivity contribution in [2.45, 2.75) is 65.3 Å². The first-order chi connectivity index (χ1) is 12.4. The number of hydrogen-bond donors (Lipinski definition) is 0. The SMILES string of the molecule is CC(C)(C)OC(=O)N=NCCOc1ccc(B2OC(C)(C)C(C)(C)O2)cc1. The Bertz CT molecular complexity index is 664. The minimum atomic E-state index is -0.700. The molecule has 27 heavy (non-hydrogen) atoms. The number of carbonyl (C=O) groups is 1. The maximum Gasteiger partial charge on any atom is 0.494 e. The average molecular weight is 376 g/mol. The van der Waals surface area contributed by atoms with Crippen LogP contribution in [0.15, 0.2) is 34.5 Å². The van der Waals surface area contributed by atoms with E-state index < -0.39 is 18.8 Å². The molecule has 0 spiro atoms. The summed E-state index contributed by atoms with van der Waals surface area (Å²) in [5, 5.41) is 7.25. The van der Waals surface area contributed by atoms with Gasteiger partial charge in [0, 0.05) is 0 Å². The molecule has 0 aromatic heterocycles. The second-order valence-electron chi connectivity index (χ2n) is 8.45. The second kappa shape index (κ2) is 7.98. The highest BCUT2D eigenvalue weighted by Crippen LogP contribution is 2.36. The Kier molecular flexibility index (Phi) is 6.32. The molecule has 0 aliphatic carbocycles. The summed E-state index contributed by atoms with van der Waals surface area (Å²) in [5.41, 5.74) is -0.380. The van der Waals surface area contributed by atoms with Gasteiger partial charge < -0.3 is 18.8 Å². The Morgan fingerprint density at radius 1 is 1.07 bits per heavy atom. The van der Waals surface area contributed by atoms with Gasteiger partial charge in [-0.1, -0.05) is 17.2 Å². The summed E-state index contributed by atoms with van der Waals surface area (Å²) in [5.74, 6) is 0.697. The first kappa shape index (κ1) is 21.4. The molecule has 8 heteroatoms. The lowest BCUT2D eigenvalue weighted by molar-refractivity contribution is 0.00578. The molecule has 7 nitrogen and oxygen atoms in total. The first-order valence-electron chi connectivity index (χ1n) is 9.08. The van der Waals surface area contributed by atoms with Crippen LogP contribution in [0.1, 0.15) is 48.5 Å². The third kappa shape index (κ3) is 6.04. The van der Waals surface area contributed by atoms with Gasteiger partial charge in [0.15, 0.2) is 0 Å². The zero-order valence-electron chi connectivity index (χ0n) is 17.2. The van der Waals surface area contributed by atoms with Gasteiger partial charge in [-0.2, -0.15) is 5.11 Å². The number of ether oxygens (including phenoxy) is 2. The summed E-state index contributed by atoms with van der Waals surface area (Å²) in [6.07, 6.45) is -0.700. The van der Waals surface area contributed by atoms with Crippen LogP contribution in [0.5, 0.6) is 5.75 Å². The Labute approximate surface area is 161 Å². The number of azo groups is 1. The Hall–Kier alpha value is -1.93. The fraction of sp³-hybridized carbons (Fsp3) is 0.632. The molecule has 0 saturated carbocycles. The molecule has 0 unspecified atom stereocenters. The molecule has 0 atom stereocenters. The molecular formula is C19H29BN2O5. The van der Waals surface area contributed by atoms with Gasteiger partial charge in [-0.3, -0.25) is 0 Å². The van der Waals surface area contributed by atoms with E-state index in [1.54, 1.807) is 20.8 Å². The molecule has 1 saturated heterocycles. The highest BCUT2D eigenvalue weighted by molar-refractivity contribution is 6.62. The molecular weight excluding hydrogens is 347 g/mol.